The van der Waals surface area contributed by atoms with Crippen LogP contribution in [0, 0.1) is 6.92 Å². The number of rotatable bonds is 3. The summed E-state index contributed by atoms with van der Waals surface area (Å²) >= 11 is 9.65. The molecule has 0 fully saturated rings. The van der Waals surface area contributed by atoms with Gasteiger partial charge in [0.05, 0.1) is 0 Å². The predicted molar refractivity (Wildman–Crippen MR) is 89.3 cm³/mol. The number of aromatic nitrogens is 1. The fourth-order valence-electron chi connectivity index (χ4n) is 2.19. The van der Waals surface area contributed by atoms with E-state index in [1.54, 1.807) is 25.9 Å². The maximum atomic E-state index is 9.87. The van der Waals surface area contributed by atoms with Gasteiger partial charge in [0.1, 0.15) is 5.82 Å². The van der Waals surface area contributed by atoms with Gasteiger partial charge in [-0.25, -0.2) is 4.98 Å². The van der Waals surface area contributed by atoms with Gasteiger partial charge in [-0.1, -0.05) is 11.6 Å². The Morgan fingerprint density at radius 3 is 2.35 bits per heavy atom. The Labute approximate surface area is 132 Å². The summed E-state index contributed by atoms with van der Waals surface area (Å²) in [4.78, 5) is 4.32. The Kier molecular flexibility index (Phi) is 4.64. The number of benzene rings is 1. The van der Waals surface area contributed by atoms with E-state index in [0.29, 0.717) is 10.8 Å². The monoisotopic (exact) mass is 354 g/mol. The minimum atomic E-state index is -0.869. The second-order valence-corrected chi connectivity index (χ2v) is 6.01. The normalized spacial score (nSPS) is 10.8. The lowest BCUT2D eigenvalue weighted by molar-refractivity contribution is 0.554. The summed E-state index contributed by atoms with van der Waals surface area (Å²) in [6.07, 6.45) is 1.66. The fourth-order valence-corrected chi connectivity index (χ4v) is 2.79. The van der Waals surface area contributed by atoms with Crippen molar-refractivity contribution in [2.24, 2.45) is 0 Å². The molecule has 2 aromatic rings. The molecular formula is C12H14B2BrClN2O2. The van der Waals surface area contributed by atoms with Crippen LogP contribution >= 0.6 is 27.5 Å². The molecule has 0 unspecified atom stereocenters. The third-order valence-corrected chi connectivity index (χ3v) is 4.19. The van der Waals surface area contributed by atoms with Crippen LogP contribution in [0.4, 0.5) is 5.82 Å². The molecule has 2 rings (SSSR count). The van der Waals surface area contributed by atoms with Crippen molar-refractivity contribution in [1.82, 2.24) is 4.98 Å². The van der Waals surface area contributed by atoms with E-state index < -0.39 is 14.1 Å². The SMILES string of the molecule is CB(O)N(B(C)O)c1ncc(Br)c2cc(C)c(Cl)cc12. The Hall–Kier alpha value is -0.750. The Balaban J connectivity index is 2.77. The van der Waals surface area contributed by atoms with Gasteiger partial charge in [0.2, 0.25) is 0 Å². The lowest BCUT2D eigenvalue weighted by atomic mass is 9.69. The van der Waals surface area contributed by atoms with Crippen molar-refractivity contribution in [3.8, 4) is 0 Å². The second-order valence-electron chi connectivity index (χ2n) is 4.75. The zero-order chi connectivity index (χ0) is 15.0. The summed E-state index contributed by atoms with van der Waals surface area (Å²) in [5.41, 5.74) is 0.956. The zero-order valence-corrected chi connectivity index (χ0v) is 13.8. The Morgan fingerprint density at radius 1 is 1.20 bits per heavy atom. The van der Waals surface area contributed by atoms with Gasteiger partial charge in [0.15, 0.2) is 0 Å². The summed E-state index contributed by atoms with van der Waals surface area (Å²) in [6.45, 7) is 5.09. The van der Waals surface area contributed by atoms with Gasteiger partial charge in [-0.15, -0.1) is 0 Å². The molecule has 8 heteroatoms. The number of anilines is 1. The summed E-state index contributed by atoms with van der Waals surface area (Å²) in [5, 5.41) is 22.1. The highest BCUT2D eigenvalue weighted by molar-refractivity contribution is 9.10. The van der Waals surface area contributed by atoms with Crippen LogP contribution in [-0.2, 0) is 0 Å². The molecule has 1 aromatic heterocycles. The molecule has 0 amide bonds. The minimum absolute atomic E-state index is 0.495. The zero-order valence-electron chi connectivity index (χ0n) is 11.4. The molecule has 0 bridgehead atoms. The van der Waals surface area contributed by atoms with E-state index in [-0.39, 0.29) is 0 Å². The summed E-state index contributed by atoms with van der Waals surface area (Å²) in [6, 6.07) is 3.76. The van der Waals surface area contributed by atoms with Crippen LogP contribution in [0.25, 0.3) is 10.8 Å². The lowest BCUT2D eigenvalue weighted by Crippen LogP contribution is -2.47. The van der Waals surface area contributed by atoms with Crippen LogP contribution in [0.15, 0.2) is 22.8 Å². The number of aryl methyl sites for hydroxylation is 1. The van der Waals surface area contributed by atoms with Crippen molar-refractivity contribution in [2.75, 3.05) is 4.72 Å². The van der Waals surface area contributed by atoms with E-state index in [2.05, 4.69) is 20.9 Å². The number of pyridine rings is 1. The van der Waals surface area contributed by atoms with Gasteiger partial charge in [-0.3, -0.25) is 0 Å². The maximum absolute atomic E-state index is 9.87. The molecule has 0 radical (unpaired) electrons. The Morgan fingerprint density at radius 2 is 1.80 bits per heavy atom. The van der Waals surface area contributed by atoms with Crippen molar-refractivity contribution in [1.29, 1.82) is 0 Å². The van der Waals surface area contributed by atoms with Crippen LogP contribution in [0.5, 0.6) is 0 Å². The van der Waals surface area contributed by atoms with Crippen LogP contribution in [-0.4, -0.2) is 29.1 Å². The van der Waals surface area contributed by atoms with E-state index in [1.807, 2.05) is 13.0 Å². The van der Waals surface area contributed by atoms with Crippen molar-refractivity contribution in [3.63, 3.8) is 0 Å². The standard InChI is InChI=1S/C12H14B2BrClN2O2/c1-7-4-8-9(5-11(7)16)12(17-6-10(8)15)18(13(2)19)14(3)20/h4-6,19-20H,1-3H3. The van der Waals surface area contributed by atoms with Crippen molar-refractivity contribution in [3.05, 3.63) is 33.4 Å². The number of halogens is 2. The average Bonchev–Trinajstić information content (AvgIpc) is 2.34. The fraction of sp³-hybridized carbons (Fsp3) is 0.250. The van der Waals surface area contributed by atoms with E-state index >= 15 is 0 Å². The summed E-state index contributed by atoms with van der Waals surface area (Å²) in [7, 11) is -1.74. The number of hydrogen-bond acceptors (Lipinski definition) is 4. The Bertz CT molecular complexity index is 647. The first-order chi connectivity index (χ1) is 9.32. The number of fused-ring (bicyclic) bond motifs is 1. The first-order valence-corrected chi connectivity index (χ1v) is 7.39. The molecule has 0 atom stereocenters. The van der Waals surface area contributed by atoms with Gasteiger partial charge >= 0.3 is 14.1 Å². The van der Waals surface area contributed by atoms with Crippen LogP contribution < -0.4 is 4.72 Å². The molecular weight excluding hydrogens is 341 g/mol. The summed E-state index contributed by atoms with van der Waals surface area (Å²) in [5.74, 6) is 0.495. The van der Waals surface area contributed by atoms with Crippen LogP contribution in [0.3, 0.4) is 0 Å². The summed E-state index contributed by atoms with van der Waals surface area (Å²) < 4.78 is 2.27. The third kappa shape index (κ3) is 2.81. The van der Waals surface area contributed by atoms with E-state index in [0.717, 1.165) is 20.8 Å². The molecule has 20 heavy (non-hydrogen) atoms. The second kappa shape index (κ2) is 5.93. The highest BCUT2D eigenvalue weighted by Gasteiger charge is 2.27. The van der Waals surface area contributed by atoms with Gasteiger partial charge < -0.3 is 14.8 Å². The minimum Gasteiger partial charge on any atom is -0.433 e. The molecule has 2 N–H and O–H groups in total. The molecule has 0 spiro atoms. The molecule has 104 valence electrons. The molecule has 0 aliphatic rings. The first kappa shape index (κ1) is 15.6. The first-order valence-electron chi connectivity index (χ1n) is 6.21. The quantitative estimate of drug-likeness (QED) is 0.832. The molecule has 1 aromatic carbocycles. The maximum Gasteiger partial charge on any atom is 0.399 e. The van der Waals surface area contributed by atoms with E-state index in [9.17, 15) is 10.0 Å². The number of hydrogen-bond donors (Lipinski definition) is 2. The van der Waals surface area contributed by atoms with Crippen molar-refractivity contribution >= 4 is 58.2 Å². The van der Waals surface area contributed by atoms with Gasteiger partial charge in [-0.05, 0) is 54.2 Å². The van der Waals surface area contributed by atoms with E-state index in [1.165, 1.54) is 4.72 Å². The van der Waals surface area contributed by atoms with E-state index in [4.69, 9.17) is 11.6 Å². The third-order valence-electron chi connectivity index (χ3n) is 3.15. The van der Waals surface area contributed by atoms with Gasteiger partial charge in [-0.2, -0.15) is 0 Å². The largest absolute Gasteiger partial charge is 0.433 e. The molecule has 0 saturated carbocycles. The smallest absolute Gasteiger partial charge is 0.399 e. The topological polar surface area (TPSA) is 56.6 Å². The highest BCUT2D eigenvalue weighted by Crippen LogP contribution is 2.34. The molecule has 4 nitrogen and oxygen atoms in total. The predicted octanol–water partition coefficient (Wildman–Crippen LogP) is 2.99. The molecule has 0 saturated heterocycles. The van der Waals surface area contributed by atoms with Crippen LogP contribution in [0.1, 0.15) is 5.56 Å². The van der Waals surface area contributed by atoms with Crippen molar-refractivity contribution in [2.45, 2.75) is 20.6 Å². The van der Waals surface area contributed by atoms with Gasteiger partial charge in [0, 0.05) is 26.5 Å². The molecule has 0 aliphatic heterocycles. The highest BCUT2D eigenvalue weighted by atomic mass is 79.9. The number of nitrogens with zero attached hydrogens (tertiary/aromatic N) is 2. The van der Waals surface area contributed by atoms with Gasteiger partial charge in [0.25, 0.3) is 0 Å². The molecule has 1 heterocycles. The average molecular weight is 355 g/mol. The van der Waals surface area contributed by atoms with Crippen LogP contribution in [0.2, 0.25) is 18.7 Å². The molecule has 0 aliphatic carbocycles. The van der Waals surface area contributed by atoms with Crippen molar-refractivity contribution < 1.29 is 10.0 Å². The lowest BCUT2D eigenvalue weighted by Gasteiger charge is -2.27.